The van der Waals surface area contributed by atoms with Gasteiger partial charge in [0.2, 0.25) is 0 Å². The minimum Gasteiger partial charge on any atom is -0.327 e. The van der Waals surface area contributed by atoms with E-state index in [9.17, 15) is 4.79 Å². The van der Waals surface area contributed by atoms with Gasteiger partial charge in [0.25, 0.3) is 5.91 Å². The first-order chi connectivity index (χ1) is 5.75. The Hall–Kier alpha value is -0.660. The van der Waals surface area contributed by atoms with E-state index >= 15 is 0 Å². The molecule has 1 fully saturated rings. The summed E-state index contributed by atoms with van der Waals surface area (Å²) in [6.07, 6.45) is 2.49. The van der Waals surface area contributed by atoms with Crippen LogP contribution in [0.15, 0.2) is 18.4 Å². The molecule has 0 bridgehead atoms. The molecule has 3 heteroatoms. The van der Waals surface area contributed by atoms with Gasteiger partial charge in [-0.2, -0.15) is 0 Å². The first-order valence-electron chi connectivity index (χ1n) is 4.03. The Morgan fingerprint density at radius 1 is 1.83 bits per heavy atom. The number of amides is 1. The molecule has 0 aliphatic carbocycles. The van der Waals surface area contributed by atoms with Gasteiger partial charge in [-0.1, -0.05) is 6.58 Å². The highest BCUT2D eigenvalue weighted by molar-refractivity contribution is 7.99. The molecule has 1 rings (SSSR count). The quantitative estimate of drug-likeness (QED) is 0.455. The summed E-state index contributed by atoms with van der Waals surface area (Å²) in [5.74, 6) is 1.19. The highest BCUT2D eigenvalue weighted by atomic mass is 32.2. The molecule has 1 aliphatic heterocycles. The van der Waals surface area contributed by atoms with E-state index in [1.54, 1.807) is 0 Å². The molecule has 0 saturated carbocycles. The van der Waals surface area contributed by atoms with Gasteiger partial charge in [-0.3, -0.25) is 4.79 Å². The SMILES string of the molecule is C=C=CC(=O)N1CCCSC1C. The van der Waals surface area contributed by atoms with Gasteiger partial charge in [-0.15, -0.1) is 17.5 Å². The Kier molecular flexibility index (Phi) is 3.45. The van der Waals surface area contributed by atoms with Crippen LogP contribution in [0, 0.1) is 0 Å². The number of rotatable bonds is 1. The molecule has 0 aromatic carbocycles. The normalized spacial score (nSPS) is 23.1. The molecule has 1 aliphatic rings. The average molecular weight is 183 g/mol. The van der Waals surface area contributed by atoms with Crippen molar-refractivity contribution in [1.82, 2.24) is 4.90 Å². The van der Waals surface area contributed by atoms with Crippen LogP contribution in [0.3, 0.4) is 0 Å². The van der Waals surface area contributed by atoms with E-state index in [1.165, 1.54) is 6.08 Å². The maximum Gasteiger partial charge on any atom is 0.255 e. The maximum atomic E-state index is 11.4. The molecular weight excluding hydrogens is 170 g/mol. The monoisotopic (exact) mass is 183 g/mol. The summed E-state index contributed by atoms with van der Waals surface area (Å²) in [6.45, 7) is 6.31. The molecule has 66 valence electrons. The molecule has 12 heavy (non-hydrogen) atoms. The van der Waals surface area contributed by atoms with E-state index in [1.807, 2.05) is 16.7 Å². The lowest BCUT2D eigenvalue weighted by Crippen LogP contribution is -2.39. The minimum absolute atomic E-state index is 0.0321. The van der Waals surface area contributed by atoms with Crippen LogP contribution in [-0.4, -0.2) is 28.5 Å². The van der Waals surface area contributed by atoms with E-state index in [0.717, 1.165) is 18.7 Å². The molecule has 0 aromatic rings. The van der Waals surface area contributed by atoms with E-state index in [0.29, 0.717) is 5.37 Å². The van der Waals surface area contributed by atoms with E-state index in [-0.39, 0.29) is 5.91 Å². The highest BCUT2D eigenvalue weighted by Gasteiger charge is 2.21. The summed E-state index contributed by atoms with van der Waals surface area (Å²) in [5.41, 5.74) is 2.51. The lowest BCUT2D eigenvalue weighted by atomic mass is 10.3. The number of nitrogens with zero attached hydrogens (tertiary/aromatic N) is 1. The molecule has 1 heterocycles. The fourth-order valence-electron chi connectivity index (χ4n) is 1.22. The van der Waals surface area contributed by atoms with Gasteiger partial charge in [0.05, 0.1) is 5.37 Å². The number of carbonyl (C=O) groups is 1. The highest BCUT2D eigenvalue weighted by Crippen LogP contribution is 2.22. The maximum absolute atomic E-state index is 11.4. The Labute approximate surface area is 77.3 Å². The molecule has 0 spiro atoms. The first-order valence-corrected chi connectivity index (χ1v) is 5.08. The molecular formula is C9H13NOS. The Balaban J connectivity index is 2.59. The fourth-order valence-corrected chi connectivity index (χ4v) is 2.25. The lowest BCUT2D eigenvalue weighted by Gasteiger charge is -2.31. The summed E-state index contributed by atoms with van der Waals surface area (Å²) >= 11 is 1.82. The minimum atomic E-state index is 0.0321. The van der Waals surface area contributed by atoms with Gasteiger partial charge >= 0.3 is 0 Å². The van der Waals surface area contributed by atoms with Crippen molar-refractivity contribution in [2.75, 3.05) is 12.3 Å². The topological polar surface area (TPSA) is 20.3 Å². The Morgan fingerprint density at radius 3 is 3.17 bits per heavy atom. The molecule has 1 unspecified atom stereocenters. The van der Waals surface area contributed by atoms with Crippen LogP contribution < -0.4 is 0 Å². The molecule has 1 saturated heterocycles. The summed E-state index contributed by atoms with van der Waals surface area (Å²) < 4.78 is 0. The zero-order chi connectivity index (χ0) is 8.97. The predicted octanol–water partition coefficient (Wildman–Crippen LogP) is 1.64. The van der Waals surface area contributed by atoms with Gasteiger partial charge in [0, 0.05) is 12.6 Å². The molecule has 0 aromatic heterocycles. The van der Waals surface area contributed by atoms with Crippen molar-refractivity contribution in [2.45, 2.75) is 18.7 Å². The standard InChI is InChI=1S/C9H13NOS/c1-3-5-9(11)10-6-4-7-12-8(10)2/h5,8H,1,4,6-7H2,2H3. The zero-order valence-electron chi connectivity index (χ0n) is 7.25. The van der Waals surface area contributed by atoms with Crippen LogP contribution >= 0.6 is 11.8 Å². The van der Waals surface area contributed by atoms with Crippen LogP contribution in [0.4, 0.5) is 0 Å². The molecule has 1 amide bonds. The van der Waals surface area contributed by atoms with E-state index < -0.39 is 0 Å². The summed E-state index contributed by atoms with van der Waals surface area (Å²) in [7, 11) is 0. The molecule has 1 atom stereocenters. The van der Waals surface area contributed by atoms with Gasteiger partial charge in [0.15, 0.2) is 0 Å². The van der Waals surface area contributed by atoms with Crippen LogP contribution in [0.25, 0.3) is 0 Å². The molecule has 2 nitrogen and oxygen atoms in total. The van der Waals surface area contributed by atoms with Crippen LogP contribution in [0.1, 0.15) is 13.3 Å². The van der Waals surface area contributed by atoms with Gasteiger partial charge < -0.3 is 4.90 Å². The van der Waals surface area contributed by atoms with Crippen LogP contribution in [0.5, 0.6) is 0 Å². The van der Waals surface area contributed by atoms with E-state index in [4.69, 9.17) is 0 Å². The molecule has 0 radical (unpaired) electrons. The second-order valence-electron chi connectivity index (χ2n) is 2.70. The van der Waals surface area contributed by atoms with Gasteiger partial charge in [-0.05, 0) is 19.1 Å². The summed E-state index contributed by atoms with van der Waals surface area (Å²) in [4.78, 5) is 13.2. The van der Waals surface area contributed by atoms with Crippen LogP contribution in [0.2, 0.25) is 0 Å². The predicted molar refractivity (Wildman–Crippen MR) is 52.0 cm³/mol. The summed E-state index contributed by atoms with van der Waals surface area (Å²) in [6, 6.07) is 0. The smallest absolute Gasteiger partial charge is 0.255 e. The van der Waals surface area contributed by atoms with Crippen molar-refractivity contribution < 1.29 is 4.79 Å². The van der Waals surface area contributed by atoms with Crippen molar-refractivity contribution in [3.8, 4) is 0 Å². The molecule has 0 N–H and O–H groups in total. The van der Waals surface area contributed by atoms with Crippen LogP contribution in [-0.2, 0) is 4.79 Å². The Morgan fingerprint density at radius 2 is 2.58 bits per heavy atom. The Bertz CT molecular complexity index is 221. The van der Waals surface area contributed by atoms with Crippen molar-refractivity contribution in [1.29, 1.82) is 0 Å². The third-order valence-electron chi connectivity index (χ3n) is 1.85. The first kappa shape index (κ1) is 9.43. The number of carbonyl (C=O) groups excluding carboxylic acids is 1. The number of hydrogen-bond donors (Lipinski definition) is 0. The van der Waals surface area contributed by atoms with Crippen molar-refractivity contribution >= 4 is 17.7 Å². The third-order valence-corrected chi connectivity index (χ3v) is 3.11. The largest absolute Gasteiger partial charge is 0.327 e. The second kappa shape index (κ2) is 4.39. The zero-order valence-corrected chi connectivity index (χ0v) is 8.06. The van der Waals surface area contributed by atoms with Gasteiger partial charge in [0.1, 0.15) is 0 Å². The number of thioether (sulfide) groups is 1. The van der Waals surface area contributed by atoms with Crippen molar-refractivity contribution in [3.63, 3.8) is 0 Å². The average Bonchev–Trinajstić information content (AvgIpc) is 2.05. The third kappa shape index (κ3) is 2.16. The fraction of sp³-hybridized carbons (Fsp3) is 0.556. The number of hydrogen-bond acceptors (Lipinski definition) is 2. The van der Waals surface area contributed by atoms with Crippen molar-refractivity contribution in [2.24, 2.45) is 0 Å². The van der Waals surface area contributed by atoms with E-state index in [2.05, 4.69) is 19.2 Å². The second-order valence-corrected chi connectivity index (χ2v) is 4.13. The lowest BCUT2D eigenvalue weighted by molar-refractivity contribution is -0.126. The summed E-state index contributed by atoms with van der Waals surface area (Å²) in [5, 5.41) is 0.302. The van der Waals surface area contributed by atoms with Crippen molar-refractivity contribution in [3.05, 3.63) is 18.4 Å². The van der Waals surface area contributed by atoms with Gasteiger partial charge in [-0.25, -0.2) is 0 Å².